The van der Waals surface area contributed by atoms with Gasteiger partial charge in [-0.05, 0) is 31.6 Å². The molecular weight excluding hydrogens is 280 g/mol. The topological polar surface area (TPSA) is 49.9 Å². The van der Waals surface area contributed by atoms with E-state index in [9.17, 15) is 9.59 Å². The molecule has 1 amide bonds. The number of aldehydes is 1. The van der Waals surface area contributed by atoms with Gasteiger partial charge in [-0.2, -0.15) is 0 Å². The summed E-state index contributed by atoms with van der Waals surface area (Å²) in [4.78, 5) is 32.4. The summed E-state index contributed by atoms with van der Waals surface area (Å²) >= 11 is 0. The van der Waals surface area contributed by atoms with Gasteiger partial charge in [0.1, 0.15) is 18.0 Å². The number of amides is 1. The van der Waals surface area contributed by atoms with Gasteiger partial charge in [0.05, 0.1) is 12.0 Å². The van der Waals surface area contributed by atoms with Crippen molar-refractivity contribution in [1.82, 2.24) is 9.96 Å². The average Bonchev–Trinajstić information content (AvgIpc) is 2.89. The molecule has 6 atom stereocenters. The molecule has 5 heteroatoms. The highest BCUT2D eigenvalue weighted by atomic mass is 16.7. The lowest BCUT2D eigenvalue weighted by Gasteiger charge is -2.52. The lowest BCUT2D eigenvalue weighted by molar-refractivity contribution is -0.261. The van der Waals surface area contributed by atoms with Crippen LogP contribution in [0.3, 0.4) is 0 Å². The minimum absolute atomic E-state index is 0.0428. The third kappa shape index (κ3) is 1.91. The zero-order chi connectivity index (χ0) is 16.2. The number of carbonyl (C=O) groups excluding carboxylic acids is 2. The van der Waals surface area contributed by atoms with Gasteiger partial charge in [0.25, 0.3) is 0 Å². The Hall–Kier alpha value is -0.940. The van der Waals surface area contributed by atoms with E-state index in [1.165, 1.54) is 6.42 Å². The van der Waals surface area contributed by atoms with Crippen molar-refractivity contribution in [3.05, 3.63) is 0 Å². The van der Waals surface area contributed by atoms with Crippen LogP contribution in [-0.2, 0) is 14.4 Å². The second kappa shape index (κ2) is 5.31. The summed E-state index contributed by atoms with van der Waals surface area (Å²) in [6.07, 6.45) is 3.90. The summed E-state index contributed by atoms with van der Waals surface area (Å²) in [5.41, 5.74) is -0.389. The van der Waals surface area contributed by atoms with Gasteiger partial charge in [0.15, 0.2) is 0 Å². The summed E-state index contributed by atoms with van der Waals surface area (Å²) in [5.74, 6) is 1.08. The molecule has 3 fully saturated rings. The van der Waals surface area contributed by atoms with Crippen LogP contribution in [0, 0.1) is 23.7 Å². The van der Waals surface area contributed by atoms with E-state index in [1.807, 2.05) is 23.9 Å². The van der Waals surface area contributed by atoms with Gasteiger partial charge in [-0.1, -0.05) is 27.2 Å². The Kier molecular flexibility index (Phi) is 3.84. The molecule has 0 aromatic carbocycles. The first-order valence-corrected chi connectivity index (χ1v) is 8.53. The van der Waals surface area contributed by atoms with Crippen molar-refractivity contribution in [3.63, 3.8) is 0 Å². The molecular formula is C17H28N2O3. The fraction of sp³-hybridized carbons (Fsp3) is 0.882. The van der Waals surface area contributed by atoms with Gasteiger partial charge < -0.3 is 9.69 Å². The Labute approximate surface area is 132 Å². The lowest BCUT2D eigenvalue weighted by atomic mass is 9.69. The van der Waals surface area contributed by atoms with Crippen LogP contribution >= 0.6 is 0 Å². The van der Waals surface area contributed by atoms with Gasteiger partial charge in [-0.3, -0.25) is 9.63 Å². The monoisotopic (exact) mass is 308 g/mol. The van der Waals surface area contributed by atoms with Crippen molar-refractivity contribution in [2.75, 3.05) is 7.05 Å². The van der Waals surface area contributed by atoms with Crippen LogP contribution in [0.1, 0.15) is 47.0 Å². The third-order valence-corrected chi connectivity index (χ3v) is 6.16. The van der Waals surface area contributed by atoms with E-state index in [2.05, 4.69) is 20.8 Å². The Morgan fingerprint density at radius 1 is 1.32 bits per heavy atom. The van der Waals surface area contributed by atoms with Crippen LogP contribution in [0.25, 0.3) is 0 Å². The zero-order valence-electron chi connectivity index (χ0n) is 14.3. The molecule has 22 heavy (non-hydrogen) atoms. The molecule has 1 saturated carbocycles. The highest BCUT2D eigenvalue weighted by Crippen LogP contribution is 2.53. The van der Waals surface area contributed by atoms with E-state index < -0.39 is 6.04 Å². The fourth-order valence-electron chi connectivity index (χ4n) is 5.01. The molecule has 2 heterocycles. The third-order valence-electron chi connectivity index (χ3n) is 6.16. The standard InChI is InChI=1S/C17H28N2O3/c1-10(2)14-7-6-11(3)8-17(14)18(5)16(21)15-13(9-20)12(4)22-19(15)17/h9-15H,6-8H2,1-5H3/t11?,12-,13+,14?,15+,17?/m1/s1. The number of rotatable bonds is 2. The van der Waals surface area contributed by atoms with Crippen LogP contribution in [0.4, 0.5) is 0 Å². The number of hydrogen-bond donors (Lipinski definition) is 0. The van der Waals surface area contributed by atoms with Crippen LogP contribution < -0.4 is 0 Å². The van der Waals surface area contributed by atoms with Crippen LogP contribution in [0.15, 0.2) is 0 Å². The highest BCUT2D eigenvalue weighted by Gasteiger charge is 2.66. The predicted octanol–water partition coefficient (Wildman–Crippen LogP) is 2.07. The maximum absolute atomic E-state index is 12.9. The zero-order valence-corrected chi connectivity index (χ0v) is 14.3. The van der Waals surface area contributed by atoms with Crippen molar-refractivity contribution in [2.24, 2.45) is 23.7 Å². The number of nitrogens with zero attached hydrogens (tertiary/aromatic N) is 2. The molecule has 0 aromatic heterocycles. The maximum Gasteiger partial charge on any atom is 0.244 e. The second-order valence-electron chi connectivity index (χ2n) is 7.81. The molecule has 2 aliphatic heterocycles. The predicted molar refractivity (Wildman–Crippen MR) is 82.6 cm³/mol. The molecule has 3 rings (SSSR count). The Balaban J connectivity index is 2.07. The summed E-state index contributed by atoms with van der Waals surface area (Å²) in [6.45, 7) is 8.60. The molecule has 3 unspecified atom stereocenters. The van der Waals surface area contributed by atoms with Crippen molar-refractivity contribution in [2.45, 2.75) is 64.8 Å². The minimum Gasteiger partial charge on any atom is -0.323 e. The van der Waals surface area contributed by atoms with Crippen LogP contribution in [0.5, 0.6) is 0 Å². The Morgan fingerprint density at radius 2 is 2.00 bits per heavy atom. The molecule has 0 bridgehead atoms. The molecule has 0 aromatic rings. The van der Waals surface area contributed by atoms with E-state index in [0.29, 0.717) is 17.8 Å². The summed E-state index contributed by atoms with van der Waals surface area (Å²) in [5, 5.41) is 1.92. The molecule has 5 nitrogen and oxygen atoms in total. The van der Waals surface area contributed by atoms with E-state index >= 15 is 0 Å². The fourth-order valence-corrected chi connectivity index (χ4v) is 5.01. The minimum atomic E-state index is -0.441. The van der Waals surface area contributed by atoms with E-state index in [0.717, 1.165) is 19.1 Å². The molecule has 2 saturated heterocycles. The summed E-state index contributed by atoms with van der Waals surface area (Å²) in [7, 11) is 1.89. The molecule has 0 radical (unpaired) electrons. The van der Waals surface area contributed by atoms with Gasteiger partial charge in [0.2, 0.25) is 5.91 Å². The number of carbonyl (C=O) groups is 2. The number of hydrogen-bond acceptors (Lipinski definition) is 4. The largest absolute Gasteiger partial charge is 0.323 e. The molecule has 124 valence electrons. The number of likely N-dealkylation sites (N-methyl/N-ethyl adjacent to an activating group) is 1. The Bertz CT molecular complexity index is 481. The normalized spacial score (nSPS) is 45.8. The highest BCUT2D eigenvalue weighted by molar-refractivity contribution is 5.88. The molecule has 1 aliphatic carbocycles. The average molecular weight is 308 g/mol. The van der Waals surface area contributed by atoms with Gasteiger partial charge >= 0.3 is 0 Å². The summed E-state index contributed by atoms with van der Waals surface area (Å²) in [6, 6.07) is -0.441. The SMILES string of the molecule is CC1CCC(C(C)C)C2(C1)N(C)C(=O)[C@@H]1[C@@H](C=O)[C@@H](C)ON12. The summed E-state index contributed by atoms with van der Waals surface area (Å²) < 4.78 is 0. The van der Waals surface area contributed by atoms with Gasteiger partial charge in [-0.25, -0.2) is 0 Å². The number of fused-ring (bicyclic) bond motifs is 2. The van der Waals surface area contributed by atoms with Gasteiger partial charge in [0, 0.05) is 13.0 Å². The second-order valence-corrected chi connectivity index (χ2v) is 7.81. The van der Waals surface area contributed by atoms with Gasteiger partial charge in [-0.15, -0.1) is 5.06 Å². The lowest BCUT2D eigenvalue weighted by Crippen LogP contribution is -2.61. The molecule has 3 aliphatic rings. The van der Waals surface area contributed by atoms with Crippen molar-refractivity contribution >= 4 is 12.2 Å². The van der Waals surface area contributed by atoms with Crippen LogP contribution in [0.2, 0.25) is 0 Å². The van der Waals surface area contributed by atoms with Crippen molar-refractivity contribution in [3.8, 4) is 0 Å². The Morgan fingerprint density at radius 3 is 2.59 bits per heavy atom. The van der Waals surface area contributed by atoms with E-state index in [-0.39, 0.29) is 23.6 Å². The first-order chi connectivity index (χ1) is 10.3. The molecule has 1 spiro atoms. The molecule has 0 N–H and O–H groups in total. The van der Waals surface area contributed by atoms with Crippen molar-refractivity contribution in [1.29, 1.82) is 0 Å². The maximum atomic E-state index is 12.9. The first kappa shape index (κ1) is 15.9. The smallest absolute Gasteiger partial charge is 0.244 e. The first-order valence-electron chi connectivity index (χ1n) is 8.53. The van der Waals surface area contributed by atoms with Crippen molar-refractivity contribution < 1.29 is 14.4 Å². The quantitative estimate of drug-likeness (QED) is 0.733. The van der Waals surface area contributed by atoms with E-state index in [1.54, 1.807) is 0 Å². The van der Waals surface area contributed by atoms with E-state index in [4.69, 9.17) is 4.84 Å². The van der Waals surface area contributed by atoms with Crippen LogP contribution in [-0.4, -0.2) is 47.0 Å². The number of hydroxylamine groups is 2.